The maximum atomic E-state index is 13.4. The van der Waals surface area contributed by atoms with E-state index < -0.39 is 17.4 Å². The van der Waals surface area contributed by atoms with Crippen molar-refractivity contribution in [3.63, 3.8) is 0 Å². The number of hydrogen-bond acceptors (Lipinski definition) is 3. The average Bonchev–Trinajstić information content (AvgIpc) is 2.32. The van der Waals surface area contributed by atoms with Crippen LogP contribution in [0.4, 0.5) is 14.5 Å². The van der Waals surface area contributed by atoms with Gasteiger partial charge in [0.25, 0.3) is 0 Å². The van der Waals surface area contributed by atoms with E-state index in [4.69, 9.17) is 5.73 Å². The lowest BCUT2D eigenvalue weighted by atomic mass is 10.0. The van der Waals surface area contributed by atoms with Gasteiger partial charge in [-0.25, -0.2) is 8.78 Å². The fourth-order valence-electron chi connectivity index (χ4n) is 1.57. The minimum absolute atomic E-state index is 0.0672. The highest BCUT2D eigenvalue weighted by Gasteiger charge is 2.14. The van der Waals surface area contributed by atoms with Crippen molar-refractivity contribution in [2.45, 2.75) is 6.42 Å². The zero-order valence-corrected chi connectivity index (χ0v) is 9.36. The first-order chi connectivity index (χ1) is 8.58. The summed E-state index contributed by atoms with van der Waals surface area (Å²) in [5.41, 5.74) is 6.45. The molecule has 0 aliphatic carbocycles. The average molecular weight is 248 g/mol. The van der Waals surface area contributed by atoms with Crippen molar-refractivity contribution >= 4 is 11.5 Å². The molecule has 0 saturated heterocycles. The second-order valence-electron chi connectivity index (χ2n) is 3.80. The van der Waals surface area contributed by atoms with E-state index in [0.29, 0.717) is 17.3 Å². The molecule has 0 fully saturated rings. The summed E-state index contributed by atoms with van der Waals surface area (Å²) < 4.78 is 26.1. The van der Waals surface area contributed by atoms with Crippen LogP contribution in [0.3, 0.4) is 0 Å². The van der Waals surface area contributed by atoms with E-state index >= 15 is 0 Å². The van der Waals surface area contributed by atoms with Gasteiger partial charge in [0, 0.05) is 36.1 Å². The number of anilines is 1. The molecule has 1 aromatic carbocycles. The fraction of sp³-hybridized carbons (Fsp3) is 0.0769. The minimum atomic E-state index is -0.873. The smallest absolute Gasteiger partial charge is 0.170 e. The van der Waals surface area contributed by atoms with Crippen molar-refractivity contribution in [1.29, 1.82) is 0 Å². The monoisotopic (exact) mass is 248 g/mol. The summed E-state index contributed by atoms with van der Waals surface area (Å²) in [5, 5.41) is 0. The largest absolute Gasteiger partial charge is 0.398 e. The van der Waals surface area contributed by atoms with E-state index in [1.165, 1.54) is 12.4 Å². The van der Waals surface area contributed by atoms with E-state index in [2.05, 4.69) is 4.98 Å². The number of halogens is 2. The zero-order valence-electron chi connectivity index (χ0n) is 9.36. The molecular weight excluding hydrogens is 238 g/mol. The molecule has 0 atom stereocenters. The summed E-state index contributed by atoms with van der Waals surface area (Å²) in [5.74, 6) is -2.06. The van der Waals surface area contributed by atoms with Crippen LogP contribution < -0.4 is 5.73 Å². The van der Waals surface area contributed by atoms with Crippen molar-refractivity contribution in [3.8, 4) is 0 Å². The number of benzene rings is 1. The first kappa shape index (κ1) is 12.2. The molecule has 0 spiro atoms. The summed E-state index contributed by atoms with van der Waals surface area (Å²) in [6, 6.07) is 4.41. The van der Waals surface area contributed by atoms with E-state index in [0.717, 1.165) is 12.1 Å². The Labute approximate surface area is 102 Å². The van der Waals surface area contributed by atoms with Gasteiger partial charge >= 0.3 is 0 Å². The molecule has 2 aromatic rings. The molecule has 1 heterocycles. The van der Waals surface area contributed by atoms with Crippen molar-refractivity contribution in [2.75, 3.05) is 5.73 Å². The molecule has 0 aliphatic rings. The Kier molecular flexibility index (Phi) is 3.32. The predicted octanol–water partition coefficient (Wildman–Crippen LogP) is 2.37. The summed E-state index contributed by atoms with van der Waals surface area (Å²) in [6.45, 7) is 0. The first-order valence-corrected chi connectivity index (χ1v) is 5.24. The lowest BCUT2D eigenvalue weighted by molar-refractivity contribution is 0.0989. The number of pyridine rings is 1. The molecule has 3 nitrogen and oxygen atoms in total. The van der Waals surface area contributed by atoms with Crippen molar-refractivity contribution in [3.05, 3.63) is 59.4 Å². The quantitative estimate of drug-likeness (QED) is 0.848. The Bertz CT molecular complexity index is 599. The van der Waals surface area contributed by atoms with E-state index in [9.17, 15) is 13.6 Å². The molecular formula is C13H10F2N2O. The van der Waals surface area contributed by atoms with Gasteiger partial charge in [-0.15, -0.1) is 0 Å². The standard InChI is InChI=1S/C13H10F2N2O/c14-9-1-2-10(11(15)6-9)13(18)5-8-7-17-4-3-12(8)16/h1-4,6-7H,5H2,(H2,16,17). The predicted molar refractivity (Wildman–Crippen MR) is 63.0 cm³/mol. The van der Waals surface area contributed by atoms with Crippen LogP contribution in [0.2, 0.25) is 0 Å². The maximum Gasteiger partial charge on any atom is 0.170 e. The SMILES string of the molecule is Nc1ccncc1CC(=O)c1ccc(F)cc1F. The maximum absolute atomic E-state index is 13.4. The number of nitrogens with zero attached hydrogens (tertiary/aromatic N) is 1. The third-order valence-electron chi connectivity index (χ3n) is 2.52. The first-order valence-electron chi connectivity index (χ1n) is 5.24. The van der Waals surface area contributed by atoms with Crippen molar-refractivity contribution in [2.24, 2.45) is 0 Å². The Morgan fingerprint density at radius 1 is 1.28 bits per heavy atom. The second kappa shape index (κ2) is 4.91. The van der Waals surface area contributed by atoms with E-state index in [1.54, 1.807) is 6.07 Å². The lowest BCUT2D eigenvalue weighted by Crippen LogP contribution is -2.08. The van der Waals surface area contributed by atoms with Gasteiger partial charge in [0.2, 0.25) is 0 Å². The lowest BCUT2D eigenvalue weighted by Gasteiger charge is -2.05. The van der Waals surface area contributed by atoms with Gasteiger partial charge < -0.3 is 5.73 Å². The fourth-order valence-corrected chi connectivity index (χ4v) is 1.57. The molecule has 0 saturated carbocycles. The number of carbonyl (C=O) groups is 1. The summed E-state index contributed by atoms with van der Waals surface area (Å²) in [4.78, 5) is 15.7. The summed E-state index contributed by atoms with van der Waals surface area (Å²) >= 11 is 0. The number of hydrogen-bond donors (Lipinski definition) is 1. The van der Waals surface area contributed by atoms with Gasteiger partial charge in [0.05, 0.1) is 5.56 Å². The van der Waals surface area contributed by atoms with Crippen LogP contribution in [0.1, 0.15) is 15.9 Å². The van der Waals surface area contributed by atoms with Crippen LogP contribution in [-0.2, 0) is 6.42 Å². The minimum Gasteiger partial charge on any atom is -0.398 e. The third kappa shape index (κ3) is 2.51. The van der Waals surface area contributed by atoms with Crippen LogP contribution in [0.5, 0.6) is 0 Å². The van der Waals surface area contributed by atoms with Crippen LogP contribution in [0, 0.1) is 11.6 Å². The molecule has 0 unspecified atom stereocenters. The molecule has 2 rings (SSSR count). The van der Waals surface area contributed by atoms with Gasteiger partial charge in [0.1, 0.15) is 11.6 Å². The van der Waals surface area contributed by atoms with Gasteiger partial charge in [-0.1, -0.05) is 0 Å². The van der Waals surface area contributed by atoms with Crippen molar-refractivity contribution < 1.29 is 13.6 Å². The second-order valence-corrected chi connectivity index (χ2v) is 3.80. The number of ketones is 1. The molecule has 0 bridgehead atoms. The van der Waals surface area contributed by atoms with Gasteiger partial charge in [-0.3, -0.25) is 9.78 Å². The van der Waals surface area contributed by atoms with Crippen LogP contribution >= 0.6 is 0 Å². The molecule has 18 heavy (non-hydrogen) atoms. The van der Waals surface area contributed by atoms with Crippen LogP contribution in [-0.4, -0.2) is 10.8 Å². The van der Waals surface area contributed by atoms with Crippen LogP contribution in [0.25, 0.3) is 0 Å². The molecule has 2 N–H and O–H groups in total. The van der Waals surface area contributed by atoms with E-state index in [-0.39, 0.29) is 12.0 Å². The molecule has 0 aliphatic heterocycles. The normalized spacial score (nSPS) is 10.3. The summed E-state index contributed by atoms with van der Waals surface area (Å²) in [7, 11) is 0. The number of carbonyl (C=O) groups excluding carboxylic acids is 1. The number of nitrogens with two attached hydrogens (primary N) is 1. The molecule has 0 radical (unpaired) electrons. The highest BCUT2D eigenvalue weighted by Crippen LogP contribution is 2.15. The zero-order chi connectivity index (χ0) is 13.1. The Balaban J connectivity index is 2.25. The Morgan fingerprint density at radius 3 is 2.72 bits per heavy atom. The highest BCUT2D eigenvalue weighted by molar-refractivity contribution is 5.98. The number of nitrogen functional groups attached to an aromatic ring is 1. The molecule has 1 aromatic heterocycles. The molecule has 0 amide bonds. The van der Waals surface area contributed by atoms with Gasteiger partial charge in [-0.05, 0) is 18.2 Å². The summed E-state index contributed by atoms with van der Waals surface area (Å²) in [6.07, 6.45) is 2.89. The van der Waals surface area contributed by atoms with Crippen molar-refractivity contribution in [1.82, 2.24) is 4.98 Å². The third-order valence-corrected chi connectivity index (χ3v) is 2.52. The number of Topliss-reactive ketones (excluding diaryl/α,β-unsaturated/α-hetero) is 1. The topological polar surface area (TPSA) is 56.0 Å². The molecule has 5 heteroatoms. The molecule has 92 valence electrons. The highest BCUT2D eigenvalue weighted by atomic mass is 19.1. The Hall–Kier alpha value is -2.30. The van der Waals surface area contributed by atoms with Gasteiger partial charge in [0.15, 0.2) is 5.78 Å². The number of aromatic nitrogens is 1. The van der Waals surface area contributed by atoms with Gasteiger partial charge in [-0.2, -0.15) is 0 Å². The van der Waals surface area contributed by atoms with E-state index in [1.807, 2.05) is 0 Å². The Morgan fingerprint density at radius 2 is 2.06 bits per heavy atom. The number of rotatable bonds is 3. The van der Waals surface area contributed by atoms with Crippen LogP contribution in [0.15, 0.2) is 36.7 Å².